The minimum absolute atomic E-state index is 0.263. The van der Waals surface area contributed by atoms with Crippen LogP contribution in [-0.4, -0.2) is 40.4 Å². The minimum Gasteiger partial charge on any atom is -0.469 e. The lowest BCUT2D eigenvalue weighted by molar-refractivity contribution is -0.140. The molecule has 0 bridgehead atoms. The van der Waals surface area contributed by atoms with Crippen LogP contribution in [0.2, 0.25) is 0 Å². The van der Waals surface area contributed by atoms with E-state index in [9.17, 15) is 14.0 Å². The summed E-state index contributed by atoms with van der Waals surface area (Å²) in [5.74, 6) is -0.556. The highest BCUT2D eigenvalue weighted by Gasteiger charge is 2.32. The molecule has 34 heavy (non-hydrogen) atoms. The number of hydrazine groups is 1. The first-order valence-corrected chi connectivity index (χ1v) is 11.0. The summed E-state index contributed by atoms with van der Waals surface area (Å²) in [6.45, 7) is -0.442. The average molecular weight is 464 g/mol. The molecule has 0 N–H and O–H groups in total. The summed E-state index contributed by atoms with van der Waals surface area (Å²) in [6, 6.07) is 18.7. The molecular weight excluding hydrogens is 437 g/mol. The van der Waals surface area contributed by atoms with Crippen LogP contribution in [0, 0.1) is 0 Å². The Labute approximate surface area is 197 Å². The molecule has 0 spiro atoms. The largest absolute Gasteiger partial charge is 0.469 e. The number of methoxy groups -OCH3 is 1. The third-order valence-electron chi connectivity index (χ3n) is 5.49. The van der Waals surface area contributed by atoms with Gasteiger partial charge in [-0.1, -0.05) is 36.4 Å². The number of esters is 1. The van der Waals surface area contributed by atoms with Crippen molar-refractivity contribution in [2.24, 2.45) is 0 Å². The Morgan fingerprint density at radius 2 is 1.79 bits per heavy atom. The number of allylic oxidation sites excluding steroid dienone is 1. The van der Waals surface area contributed by atoms with Crippen molar-refractivity contribution in [3.05, 3.63) is 90.5 Å². The number of hydrogen-bond donors (Lipinski definition) is 0. The summed E-state index contributed by atoms with van der Waals surface area (Å²) in [5.41, 5.74) is 2.73. The van der Waals surface area contributed by atoms with Gasteiger partial charge < -0.3 is 9.64 Å². The highest BCUT2D eigenvalue weighted by molar-refractivity contribution is 6.05. The maximum absolute atomic E-state index is 13.7. The zero-order chi connectivity index (χ0) is 23.9. The summed E-state index contributed by atoms with van der Waals surface area (Å²) in [7, 11) is 1.36. The SMILES string of the molecule is COC(=O)CCCC1=CN(c2ccccc2)CN1N(C(=O)c1ccccc1)c1cnn(CF)c1. The minimum atomic E-state index is -0.800. The molecule has 1 aliphatic heterocycles. The van der Waals surface area contributed by atoms with E-state index in [-0.39, 0.29) is 18.3 Å². The van der Waals surface area contributed by atoms with E-state index in [1.165, 1.54) is 24.5 Å². The number of anilines is 2. The Kier molecular flexibility index (Phi) is 7.22. The third-order valence-corrected chi connectivity index (χ3v) is 5.49. The summed E-state index contributed by atoms with van der Waals surface area (Å²) in [6.07, 6.45) is 6.29. The molecule has 0 saturated heterocycles. The maximum atomic E-state index is 13.7. The van der Waals surface area contributed by atoms with Crippen LogP contribution in [-0.2, 0) is 16.3 Å². The number of aromatic nitrogens is 2. The normalized spacial score (nSPS) is 13.1. The van der Waals surface area contributed by atoms with Crippen LogP contribution in [0.5, 0.6) is 0 Å². The van der Waals surface area contributed by atoms with Crippen molar-refractivity contribution in [3.8, 4) is 0 Å². The van der Waals surface area contributed by atoms with E-state index in [2.05, 4.69) is 5.10 Å². The molecule has 0 aliphatic carbocycles. The van der Waals surface area contributed by atoms with Crippen molar-refractivity contribution < 1.29 is 18.7 Å². The van der Waals surface area contributed by atoms with Gasteiger partial charge in [-0.25, -0.2) is 14.1 Å². The zero-order valence-electron chi connectivity index (χ0n) is 18.9. The van der Waals surface area contributed by atoms with Crippen LogP contribution < -0.4 is 9.91 Å². The fraction of sp³-hybridized carbons (Fsp3) is 0.240. The van der Waals surface area contributed by atoms with E-state index in [1.54, 1.807) is 24.3 Å². The van der Waals surface area contributed by atoms with Crippen LogP contribution in [0.3, 0.4) is 0 Å². The summed E-state index contributed by atoms with van der Waals surface area (Å²) in [4.78, 5) is 27.4. The van der Waals surface area contributed by atoms with E-state index in [1.807, 2.05) is 52.5 Å². The molecule has 0 fully saturated rings. The molecule has 0 radical (unpaired) electrons. The van der Waals surface area contributed by atoms with Crippen molar-refractivity contribution >= 4 is 23.3 Å². The molecule has 3 aromatic rings. The number of ether oxygens (including phenoxy) is 1. The van der Waals surface area contributed by atoms with Gasteiger partial charge in [0.2, 0.25) is 0 Å². The first kappa shape index (κ1) is 23.0. The van der Waals surface area contributed by atoms with Crippen molar-refractivity contribution in [1.29, 1.82) is 0 Å². The van der Waals surface area contributed by atoms with Crippen LogP contribution >= 0.6 is 0 Å². The van der Waals surface area contributed by atoms with Gasteiger partial charge in [0.15, 0.2) is 6.80 Å². The number of rotatable bonds is 9. The summed E-state index contributed by atoms with van der Waals surface area (Å²) >= 11 is 0. The van der Waals surface area contributed by atoms with Crippen LogP contribution in [0.1, 0.15) is 29.6 Å². The lowest BCUT2D eigenvalue weighted by Gasteiger charge is -2.34. The van der Waals surface area contributed by atoms with Crippen LogP contribution in [0.15, 0.2) is 85.0 Å². The number of halogens is 1. The van der Waals surface area contributed by atoms with Gasteiger partial charge in [-0.2, -0.15) is 5.10 Å². The molecule has 9 heteroatoms. The van der Waals surface area contributed by atoms with Gasteiger partial charge in [0.1, 0.15) is 12.4 Å². The Hall–Kier alpha value is -4.14. The van der Waals surface area contributed by atoms with Gasteiger partial charge >= 0.3 is 5.97 Å². The molecular formula is C25H26FN5O3. The van der Waals surface area contributed by atoms with Gasteiger partial charge in [0.05, 0.1) is 25.2 Å². The quantitative estimate of drug-likeness (QED) is 0.440. The predicted octanol–water partition coefficient (Wildman–Crippen LogP) is 4.34. The van der Waals surface area contributed by atoms with E-state index in [0.29, 0.717) is 30.8 Å². The number of benzene rings is 2. The average Bonchev–Trinajstić information content (AvgIpc) is 3.53. The number of carbonyl (C=O) groups is 2. The van der Waals surface area contributed by atoms with Crippen LogP contribution in [0.4, 0.5) is 15.8 Å². The Morgan fingerprint density at radius 3 is 2.44 bits per heavy atom. The zero-order valence-corrected chi connectivity index (χ0v) is 18.9. The number of para-hydroxylation sites is 1. The maximum Gasteiger partial charge on any atom is 0.305 e. The van der Waals surface area contributed by atoms with Crippen molar-refractivity contribution in [3.63, 3.8) is 0 Å². The monoisotopic (exact) mass is 463 g/mol. The number of hydrogen-bond acceptors (Lipinski definition) is 6. The summed E-state index contributed by atoms with van der Waals surface area (Å²) < 4.78 is 19.2. The van der Waals surface area contributed by atoms with Gasteiger partial charge in [-0.05, 0) is 37.1 Å². The fourth-order valence-corrected chi connectivity index (χ4v) is 3.80. The Bertz CT molecular complexity index is 1150. The molecule has 1 amide bonds. The fourth-order valence-electron chi connectivity index (χ4n) is 3.80. The topological polar surface area (TPSA) is 70.9 Å². The molecule has 1 aromatic heterocycles. The molecule has 0 unspecified atom stereocenters. The highest BCUT2D eigenvalue weighted by Crippen LogP contribution is 2.31. The molecule has 176 valence electrons. The molecule has 0 saturated carbocycles. The van der Waals surface area contributed by atoms with E-state index >= 15 is 0 Å². The van der Waals surface area contributed by atoms with Gasteiger partial charge in [0.25, 0.3) is 5.91 Å². The second-order valence-corrected chi connectivity index (χ2v) is 7.74. The number of alkyl halides is 1. The van der Waals surface area contributed by atoms with Crippen molar-refractivity contribution in [2.45, 2.75) is 26.1 Å². The van der Waals surface area contributed by atoms with Gasteiger partial charge in [-0.3, -0.25) is 14.6 Å². The molecule has 1 aliphatic rings. The lowest BCUT2D eigenvalue weighted by Crippen LogP contribution is -2.47. The van der Waals surface area contributed by atoms with Crippen molar-refractivity contribution in [1.82, 2.24) is 14.8 Å². The smallest absolute Gasteiger partial charge is 0.305 e. The molecule has 2 aromatic carbocycles. The number of nitrogens with zero attached hydrogens (tertiary/aromatic N) is 5. The Morgan fingerprint density at radius 1 is 1.09 bits per heavy atom. The summed E-state index contributed by atoms with van der Waals surface area (Å²) in [5, 5.41) is 7.39. The van der Waals surface area contributed by atoms with Gasteiger partial charge in [0, 0.05) is 23.9 Å². The molecule has 4 rings (SSSR count). The predicted molar refractivity (Wildman–Crippen MR) is 126 cm³/mol. The van der Waals surface area contributed by atoms with E-state index in [4.69, 9.17) is 4.74 Å². The lowest BCUT2D eigenvalue weighted by atomic mass is 10.2. The van der Waals surface area contributed by atoms with E-state index in [0.717, 1.165) is 16.1 Å². The van der Waals surface area contributed by atoms with Gasteiger partial charge in [-0.15, -0.1) is 0 Å². The standard InChI is InChI=1S/C25H26FN5O3/c1-34-24(32)14-8-13-22-16-28(21-11-6-3-7-12-21)19-30(22)31(23-15-27-29(17-23)18-26)25(33)20-9-4-2-5-10-20/h2-7,9-12,15-17H,8,13-14,18-19H2,1H3. The third kappa shape index (κ3) is 5.09. The van der Waals surface area contributed by atoms with E-state index < -0.39 is 6.80 Å². The first-order chi connectivity index (χ1) is 16.6. The Balaban J connectivity index is 1.69. The first-order valence-electron chi connectivity index (χ1n) is 11.0. The molecule has 8 nitrogen and oxygen atoms in total. The van der Waals surface area contributed by atoms with Crippen LogP contribution in [0.25, 0.3) is 0 Å². The molecule has 0 atom stereocenters. The van der Waals surface area contributed by atoms with Crippen molar-refractivity contribution in [2.75, 3.05) is 23.7 Å². The number of amides is 1. The number of carbonyl (C=O) groups excluding carboxylic acids is 2. The second-order valence-electron chi connectivity index (χ2n) is 7.74. The second kappa shape index (κ2) is 10.7. The molecule has 2 heterocycles. The highest BCUT2D eigenvalue weighted by atomic mass is 19.1.